The molecule has 11 heteroatoms. The van der Waals surface area contributed by atoms with Gasteiger partial charge >= 0.3 is 0 Å². The van der Waals surface area contributed by atoms with Crippen LogP contribution < -0.4 is 4.31 Å². The van der Waals surface area contributed by atoms with Gasteiger partial charge in [0.25, 0.3) is 15.7 Å². The molecule has 2 atom stereocenters. The summed E-state index contributed by atoms with van der Waals surface area (Å²) in [5.74, 6) is -1.08. The number of hydrogen-bond acceptors (Lipinski definition) is 7. The molecule has 2 aromatic carbocycles. The zero-order chi connectivity index (χ0) is 21.1. The highest BCUT2D eigenvalue weighted by Crippen LogP contribution is 2.32. The summed E-state index contributed by atoms with van der Waals surface area (Å²) in [6.45, 7) is 0.382. The van der Waals surface area contributed by atoms with E-state index in [4.69, 9.17) is 5.26 Å². The second-order valence-electron chi connectivity index (χ2n) is 5.82. The molecular formula is C17H16FN3O6S. The highest BCUT2D eigenvalue weighted by molar-refractivity contribution is 7.92. The molecule has 28 heavy (non-hydrogen) atoms. The molecule has 148 valence electrons. The molecule has 0 aromatic heterocycles. The van der Waals surface area contributed by atoms with Gasteiger partial charge in [-0.2, -0.15) is 5.26 Å². The number of nitro groups is 1. The number of nitrogens with zero attached hydrogens (tertiary/aromatic N) is 3. The van der Waals surface area contributed by atoms with Crippen LogP contribution in [-0.2, 0) is 10.0 Å². The molecule has 0 spiro atoms. The van der Waals surface area contributed by atoms with Gasteiger partial charge in [-0.1, -0.05) is 6.07 Å². The van der Waals surface area contributed by atoms with Crippen molar-refractivity contribution in [3.63, 3.8) is 0 Å². The smallest absolute Gasteiger partial charge is 0.271 e. The molecule has 9 nitrogen and oxygen atoms in total. The quantitative estimate of drug-likeness (QED) is 0.521. The Hall–Kier alpha value is -3.07. The second kappa shape index (κ2) is 8.30. The summed E-state index contributed by atoms with van der Waals surface area (Å²) in [7, 11) is -4.56. The van der Waals surface area contributed by atoms with Crippen LogP contribution in [0.4, 0.5) is 15.8 Å². The minimum atomic E-state index is -4.56. The monoisotopic (exact) mass is 409 g/mol. The Labute approximate surface area is 160 Å². The number of aliphatic hydroxyl groups excluding tert-OH is 2. The minimum Gasteiger partial charge on any atom is -0.394 e. The predicted molar refractivity (Wildman–Crippen MR) is 96.4 cm³/mol. The first-order chi connectivity index (χ1) is 13.1. The maximum absolute atomic E-state index is 14.5. The SMILES string of the molecule is CC(C(O)CO)N(c1cc([N+](=O)[O-])ccc1F)S(=O)(=O)c1cccc(C#N)c1. The van der Waals surface area contributed by atoms with Crippen molar-refractivity contribution in [1.29, 1.82) is 5.26 Å². The number of benzene rings is 2. The van der Waals surface area contributed by atoms with Gasteiger partial charge < -0.3 is 10.2 Å². The number of rotatable bonds is 7. The fourth-order valence-corrected chi connectivity index (χ4v) is 4.23. The molecule has 0 amide bonds. The maximum Gasteiger partial charge on any atom is 0.271 e. The van der Waals surface area contributed by atoms with Gasteiger partial charge in [-0.05, 0) is 31.2 Å². The summed E-state index contributed by atoms with van der Waals surface area (Å²) in [5.41, 5.74) is -1.21. The number of aliphatic hydroxyl groups is 2. The van der Waals surface area contributed by atoms with Crippen molar-refractivity contribution in [2.24, 2.45) is 0 Å². The van der Waals surface area contributed by atoms with E-state index < -0.39 is 50.9 Å². The van der Waals surface area contributed by atoms with Crippen LogP contribution >= 0.6 is 0 Å². The van der Waals surface area contributed by atoms with Gasteiger partial charge in [-0.3, -0.25) is 14.4 Å². The molecule has 2 N–H and O–H groups in total. The molecule has 0 aliphatic heterocycles. The number of sulfonamides is 1. The number of non-ortho nitro benzene ring substituents is 1. The zero-order valence-corrected chi connectivity index (χ0v) is 15.4. The van der Waals surface area contributed by atoms with E-state index in [0.29, 0.717) is 4.31 Å². The molecule has 2 aromatic rings. The van der Waals surface area contributed by atoms with E-state index in [9.17, 15) is 33.1 Å². The van der Waals surface area contributed by atoms with Crippen molar-refractivity contribution >= 4 is 21.4 Å². The van der Waals surface area contributed by atoms with Gasteiger partial charge in [0.1, 0.15) is 5.82 Å². The average Bonchev–Trinajstić information content (AvgIpc) is 2.68. The fraction of sp³-hybridized carbons (Fsp3) is 0.235. The Morgan fingerprint density at radius 1 is 1.32 bits per heavy atom. The normalized spacial score (nSPS) is 13.4. The lowest BCUT2D eigenvalue weighted by atomic mass is 10.1. The summed E-state index contributed by atoms with van der Waals surface area (Å²) < 4.78 is 41.3. The number of nitriles is 1. The third-order valence-corrected chi connectivity index (χ3v) is 5.91. The maximum atomic E-state index is 14.5. The van der Waals surface area contributed by atoms with E-state index in [2.05, 4.69) is 0 Å². The van der Waals surface area contributed by atoms with E-state index >= 15 is 0 Å². The largest absolute Gasteiger partial charge is 0.394 e. The Bertz CT molecular complexity index is 1040. The molecule has 0 aliphatic carbocycles. The second-order valence-corrected chi connectivity index (χ2v) is 7.64. The van der Waals surface area contributed by atoms with E-state index in [1.54, 1.807) is 6.07 Å². The summed E-state index contributed by atoms with van der Waals surface area (Å²) in [4.78, 5) is 9.84. The summed E-state index contributed by atoms with van der Waals surface area (Å²) in [6, 6.07) is 7.62. The van der Waals surface area contributed by atoms with Crippen LogP contribution in [0.2, 0.25) is 0 Å². The molecule has 2 unspecified atom stereocenters. The molecule has 0 fully saturated rings. The van der Waals surface area contributed by atoms with Crippen LogP contribution in [0, 0.1) is 27.3 Å². The molecule has 0 bridgehead atoms. The number of halogens is 1. The highest BCUT2D eigenvalue weighted by atomic mass is 32.2. The third-order valence-electron chi connectivity index (χ3n) is 4.01. The lowest BCUT2D eigenvalue weighted by Crippen LogP contribution is -2.47. The van der Waals surface area contributed by atoms with Crippen LogP contribution in [-0.4, -0.2) is 42.3 Å². The van der Waals surface area contributed by atoms with Crippen LogP contribution in [0.25, 0.3) is 0 Å². The van der Waals surface area contributed by atoms with Crippen molar-refractivity contribution < 1.29 is 27.9 Å². The molecule has 2 rings (SSSR count). The van der Waals surface area contributed by atoms with Gasteiger partial charge in [0, 0.05) is 12.1 Å². The summed E-state index contributed by atoms with van der Waals surface area (Å²) in [6.07, 6.45) is -1.60. The molecular weight excluding hydrogens is 393 g/mol. The molecule has 0 radical (unpaired) electrons. The van der Waals surface area contributed by atoms with Crippen molar-refractivity contribution in [1.82, 2.24) is 0 Å². The fourth-order valence-electron chi connectivity index (χ4n) is 2.50. The lowest BCUT2D eigenvalue weighted by molar-refractivity contribution is -0.384. The highest BCUT2D eigenvalue weighted by Gasteiger charge is 2.35. The van der Waals surface area contributed by atoms with Gasteiger partial charge in [0.05, 0.1) is 45.9 Å². The Morgan fingerprint density at radius 2 is 2.00 bits per heavy atom. The Balaban J connectivity index is 2.75. The Kier molecular flexibility index (Phi) is 6.30. The first-order valence-electron chi connectivity index (χ1n) is 7.91. The van der Waals surface area contributed by atoms with Gasteiger partial charge in [-0.15, -0.1) is 0 Å². The van der Waals surface area contributed by atoms with Crippen molar-refractivity contribution in [3.8, 4) is 6.07 Å². The van der Waals surface area contributed by atoms with Crippen molar-refractivity contribution in [2.45, 2.75) is 24.0 Å². The summed E-state index contributed by atoms with van der Waals surface area (Å²) >= 11 is 0. The number of nitro benzene ring substituents is 1. The Morgan fingerprint density at radius 3 is 2.57 bits per heavy atom. The molecule has 0 heterocycles. The first-order valence-corrected chi connectivity index (χ1v) is 9.35. The average molecular weight is 409 g/mol. The lowest BCUT2D eigenvalue weighted by Gasteiger charge is -2.32. The number of anilines is 1. The van der Waals surface area contributed by atoms with Crippen LogP contribution in [0.3, 0.4) is 0 Å². The zero-order valence-electron chi connectivity index (χ0n) is 14.6. The van der Waals surface area contributed by atoms with Gasteiger partial charge in [-0.25, -0.2) is 12.8 Å². The number of hydrogen-bond donors (Lipinski definition) is 2. The topological polar surface area (TPSA) is 145 Å². The summed E-state index contributed by atoms with van der Waals surface area (Å²) in [5, 5.41) is 39.2. The molecule has 0 saturated heterocycles. The van der Waals surface area contributed by atoms with E-state index in [1.165, 1.54) is 19.1 Å². The van der Waals surface area contributed by atoms with Crippen LogP contribution in [0.1, 0.15) is 12.5 Å². The van der Waals surface area contributed by atoms with Gasteiger partial charge in [0.15, 0.2) is 0 Å². The van der Waals surface area contributed by atoms with Crippen LogP contribution in [0.15, 0.2) is 47.4 Å². The van der Waals surface area contributed by atoms with Gasteiger partial charge in [0.2, 0.25) is 0 Å². The van der Waals surface area contributed by atoms with Crippen molar-refractivity contribution in [2.75, 3.05) is 10.9 Å². The van der Waals surface area contributed by atoms with Crippen molar-refractivity contribution in [3.05, 3.63) is 64.0 Å². The van der Waals surface area contributed by atoms with E-state index in [-0.39, 0.29) is 10.5 Å². The molecule has 0 saturated carbocycles. The standard InChI is InChI=1S/C17H16FN3O6S/c1-11(17(23)10-22)20(16-8-13(21(24)25)5-6-15(16)18)28(26,27)14-4-2-3-12(7-14)9-19/h2-8,11,17,22-23H,10H2,1H3. The minimum absolute atomic E-state index is 0.0240. The first kappa shape index (κ1) is 21.2. The molecule has 0 aliphatic rings. The van der Waals surface area contributed by atoms with E-state index in [0.717, 1.165) is 30.3 Å². The predicted octanol–water partition coefficient (Wildman–Crippen LogP) is 1.54. The third kappa shape index (κ3) is 4.09. The van der Waals surface area contributed by atoms with Crippen LogP contribution in [0.5, 0.6) is 0 Å². The van der Waals surface area contributed by atoms with E-state index in [1.807, 2.05) is 0 Å².